The smallest absolute Gasteiger partial charge is 0.329 e. The lowest BCUT2D eigenvalue weighted by atomic mass is 9.94. The van der Waals surface area contributed by atoms with E-state index < -0.39 is 0 Å². The van der Waals surface area contributed by atoms with Gasteiger partial charge in [-0.15, -0.1) is 0 Å². The Morgan fingerprint density at radius 1 is 1.04 bits per heavy atom. The molecule has 1 aromatic heterocycles. The molecule has 2 aromatic rings. The number of hydrogen-bond donors (Lipinski definition) is 1. The quantitative estimate of drug-likeness (QED) is 0.627. The summed E-state index contributed by atoms with van der Waals surface area (Å²) in [6, 6.07) is 11.2. The normalized spacial score (nSPS) is 19.6. The average Bonchev–Trinajstić information content (AvgIpc) is 3.27. The van der Waals surface area contributed by atoms with Gasteiger partial charge in [-0.3, -0.25) is 9.69 Å². The first-order valence-electron chi connectivity index (χ1n) is 9.34. The van der Waals surface area contributed by atoms with E-state index in [1.807, 2.05) is 30.3 Å². The average molecular weight is 362 g/mol. The van der Waals surface area contributed by atoms with E-state index >= 15 is 0 Å². The molecule has 1 saturated heterocycles. The molecule has 2 heterocycles. The maximum atomic E-state index is 12.7. The highest BCUT2D eigenvalue weighted by Crippen LogP contribution is 2.28. The number of rotatable bonds is 4. The predicted molar refractivity (Wildman–Crippen MR) is 104 cm³/mol. The molecule has 0 atom stereocenters. The molecule has 0 unspecified atom stereocenters. The molecule has 5 heteroatoms. The Kier molecular flexibility index (Phi) is 4.67. The minimum absolute atomic E-state index is 0.00712. The lowest BCUT2D eigenvalue weighted by Gasteiger charge is -2.28. The van der Waals surface area contributed by atoms with E-state index in [0.29, 0.717) is 11.5 Å². The van der Waals surface area contributed by atoms with E-state index in [2.05, 4.69) is 11.9 Å². The maximum Gasteiger partial charge on any atom is 0.329 e. The lowest BCUT2D eigenvalue weighted by molar-refractivity contribution is -0.124. The molecular formula is C22H22N2O3. The number of carbonyl (C=O) groups excluding carboxylic acids is 2. The van der Waals surface area contributed by atoms with Crippen LogP contribution in [-0.2, 0) is 4.79 Å². The number of carbonyl (C=O) groups is 2. The molecular weight excluding hydrogens is 340 g/mol. The number of imide groups is 1. The van der Waals surface area contributed by atoms with Crippen molar-refractivity contribution in [1.29, 1.82) is 0 Å². The molecule has 4 rings (SSSR count). The molecule has 2 aliphatic rings. The van der Waals surface area contributed by atoms with Gasteiger partial charge in [-0.25, -0.2) is 4.79 Å². The van der Waals surface area contributed by atoms with Crippen LogP contribution in [0.25, 0.3) is 23.5 Å². The van der Waals surface area contributed by atoms with Gasteiger partial charge in [-0.1, -0.05) is 56.2 Å². The van der Waals surface area contributed by atoms with Crippen LogP contribution in [0, 0.1) is 0 Å². The summed E-state index contributed by atoms with van der Waals surface area (Å²) in [5, 5.41) is 2.69. The van der Waals surface area contributed by atoms with Crippen LogP contribution in [0.5, 0.6) is 0 Å². The highest BCUT2D eigenvalue weighted by molar-refractivity contribution is 6.14. The van der Waals surface area contributed by atoms with Crippen molar-refractivity contribution >= 4 is 24.1 Å². The van der Waals surface area contributed by atoms with Gasteiger partial charge in [-0.2, -0.15) is 0 Å². The maximum absolute atomic E-state index is 12.7. The number of benzene rings is 1. The van der Waals surface area contributed by atoms with E-state index in [4.69, 9.17) is 4.42 Å². The van der Waals surface area contributed by atoms with Crippen molar-refractivity contribution in [3.63, 3.8) is 0 Å². The van der Waals surface area contributed by atoms with Gasteiger partial charge in [0.2, 0.25) is 0 Å². The van der Waals surface area contributed by atoms with Crippen molar-refractivity contribution in [3.8, 4) is 11.3 Å². The second-order valence-corrected chi connectivity index (χ2v) is 6.98. The molecule has 2 fully saturated rings. The number of urea groups is 1. The summed E-state index contributed by atoms with van der Waals surface area (Å²) in [7, 11) is 0. The number of nitrogens with zero attached hydrogens (tertiary/aromatic N) is 1. The van der Waals surface area contributed by atoms with Crippen LogP contribution in [-0.4, -0.2) is 22.9 Å². The Morgan fingerprint density at radius 2 is 1.78 bits per heavy atom. The molecule has 1 aliphatic carbocycles. The second kappa shape index (κ2) is 7.27. The van der Waals surface area contributed by atoms with E-state index in [1.54, 1.807) is 18.2 Å². The van der Waals surface area contributed by atoms with Crippen LogP contribution in [0.3, 0.4) is 0 Å². The monoisotopic (exact) mass is 362 g/mol. The van der Waals surface area contributed by atoms with Gasteiger partial charge in [0.05, 0.1) is 0 Å². The standard InChI is InChI=1S/C22H22N2O3/c1-2-15-8-10-16(11-9-15)20-13-12-18(27-20)14-19-21(25)24(22(26)23-19)17-6-4-3-5-7-17/h2,8-14,17H,1,3-7H2,(H,23,26)/b19-14-. The fraction of sp³-hybridized carbons (Fsp3) is 0.273. The number of amides is 3. The Bertz CT molecular complexity index is 902. The molecule has 27 heavy (non-hydrogen) atoms. The molecule has 0 bridgehead atoms. The van der Waals surface area contributed by atoms with Crippen LogP contribution < -0.4 is 5.32 Å². The fourth-order valence-electron chi connectivity index (χ4n) is 3.73. The van der Waals surface area contributed by atoms with Crippen molar-refractivity contribution < 1.29 is 14.0 Å². The summed E-state index contributed by atoms with van der Waals surface area (Å²) in [5.74, 6) is 0.977. The van der Waals surface area contributed by atoms with Crippen molar-refractivity contribution in [2.75, 3.05) is 0 Å². The van der Waals surface area contributed by atoms with E-state index in [1.165, 1.54) is 11.3 Å². The third-order valence-electron chi connectivity index (χ3n) is 5.19. The molecule has 1 N–H and O–H groups in total. The van der Waals surface area contributed by atoms with Gasteiger partial charge in [-0.05, 0) is 30.5 Å². The molecule has 1 saturated carbocycles. The van der Waals surface area contributed by atoms with Crippen LogP contribution in [0.15, 0.2) is 53.1 Å². The molecule has 0 spiro atoms. The highest BCUT2D eigenvalue weighted by atomic mass is 16.3. The first-order chi connectivity index (χ1) is 13.2. The first-order valence-corrected chi connectivity index (χ1v) is 9.34. The summed E-state index contributed by atoms with van der Waals surface area (Å²) in [5.41, 5.74) is 2.25. The van der Waals surface area contributed by atoms with E-state index in [9.17, 15) is 9.59 Å². The lowest BCUT2D eigenvalue weighted by Crippen LogP contribution is -2.41. The van der Waals surface area contributed by atoms with Crippen molar-refractivity contribution in [3.05, 3.63) is 60.0 Å². The number of nitrogens with one attached hydrogen (secondary N) is 1. The molecule has 3 amide bonds. The summed E-state index contributed by atoms with van der Waals surface area (Å²) in [6.45, 7) is 3.75. The number of furan rings is 1. The van der Waals surface area contributed by atoms with Crippen LogP contribution >= 0.6 is 0 Å². The van der Waals surface area contributed by atoms with Gasteiger partial charge >= 0.3 is 6.03 Å². The largest absolute Gasteiger partial charge is 0.457 e. The third-order valence-corrected chi connectivity index (χ3v) is 5.19. The Balaban J connectivity index is 1.53. The zero-order valence-corrected chi connectivity index (χ0v) is 15.1. The topological polar surface area (TPSA) is 62.6 Å². The van der Waals surface area contributed by atoms with Crippen molar-refractivity contribution in [2.24, 2.45) is 0 Å². The van der Waals surface area contributed by atoms with Crippen LogP contribution in [0.2, 0.25) is 0 Å². The minimum atomic E-state index is -0.329. The second-order valence-electron chi connectivity index (χ2n) is 6.98. The SMILES string of the molecule is C=Cc1ccc(-c2ccc(/C=C3\NC(=O)N(C4CCCCC4)C3=O)o2)cc1. The zero-order chi connectivity index (χ0) is 18.8. The summed E-state index contributed by atoms with van der Waals surface area (Å²) in [6.07, 6.45) is 8.46. The minimum Gasteiger partial charge on any atom is -0.457 e. The highest BCUT2D eigenvalue weighted by Gasteiger charge is 2.39. The van der Waals surface area contributed by atoms with Crippen molar-refractivity contribution in [2.45, 2.75) is 38.1 Å². The Morgan fingerprint density at radius 3 is 2.48 bits per heavy atom. The molecule has 5 nitrogen and oxygen atoms in total. The van der Waals surface area contributed by atoms with E-state index in [0.717, 1.165) is 36.8 Å². The van der Waals surface area contributed by atoms with Crippen LogP contribution in [0.1, 0.15) is 43.4 Å². The molecule has 1 aliphatic heterocycles. The summed E-state index contributed by atoms with van der Waals surface area (Å²) in [4.78, 5) is 26.4. The molecule has 138 valence electrons. The van der Waals surface area contributed by atoms with Gasteiger partial charge in [0, 0.05) is 17.7 Å². The van der Waals surface area contributed by atoms with Crippen LogP contribution in [0.4, 0.5) is 4.79 Å². The summed E-state index contributed by atoms with van der Waals surface area (Å²) < 4.78 is 5.85. The Labute approximate surface area is 158 Å². The third kappa shape index (κ3) is 3.45. The molecule has 0 radical (unpaired) electrons. The van der Waals surface area contributed by atoms with Gasteiger partial charge in [0.15, 0.2) is 0 Å². The zero-order valence-electron chi connectivity index (χ0n) is 15.1. The fourth-order valence-corrected chi connectivity index (χ4v) is 3.73. The van der Waals surface area contributed by atoms with Gasteiger partial charge in [0.1, 0.15) is 17.2 Å². The van der Waals surface area contributed by atoms with Gasteiger partial charge in [0.25, 0.3) is 5.91 Å². The number of hydrogen-bond acceptors (Lipinski definition) is 3. The molecule has 1 aromatic carbocycles. The Hall–Kier alpha value is -3.08. The predicted octanol–water partition coefficient (Wildman–Crippen LogP) is 4.82. The van der Waals surface area contributed by atoms with Gasteiger partial charge < -0.3 is 9.73 Å². The van der Waals surface area contributed by atoms with E-state index in [-0.39, 0.29) is 23.7 Å². The first kappa shape index (κ1) is 17.3. The summed E-state index contributed by atoms with van der Waals surface area (Å²) >= 11 is 0. The van der Waals surface area contributed by atoms with Crippen molar-refractivity contribution in [1.82, 2.24) is 10.2 Å².